The minimum Gasteiger partial charge on any atom is -0.508 e. The maximum atomic E-state index is 13.1. The first kappa shape index (κ1) is 30.7. The van der Waals surface area contributed by atoms with E-state index in [9.17, 15) is 34.2 Å². The Morgan fingerprint density at radius 2 is 1.42 bits per heavy atom. The fourth-order valence-electron chi connectivity index (χ4n) is 3.21. The number of carboxylic acid groups (broad SMARTS) is 2. The van der Waals surface area contributed by atoms with Crippen molar-refractivity contribution in [3.05, 3.63) is 29.8 Å². The Hall–Kier alpha value is -3.32. The zero-order valence-corrected chi connectivity index (χ0v) is 21.0. The normalized spacial score (nSPS) is 14.2. The third-order valence-electron chi connectivity index (χ3n) is 5.14. The number of nitrogens with one attached hydrogen (secondary N) is 3. The van der Waals surface area contributed by atoms with Crippen LogP contribution in [-0.2, 0) is 30.4 Å². The minimum atomic E-state index is -1.32. The average molecular weight is 527 g/mol. The van der Waals surface area contributed by atoms with Crippen LogP contribution in [0, 0.1) is 5.92 Å². The number of aliphatic carboxylic acids is 2. The van der Waals surface area contributed by atoms with Gasteiger partial charge in [-0.25, -0.2) is 4.79 Å². The van der Waals surface area contributed by atoms with Crippen molar-refractivity contribution in [1.29, 1.82) is 0 Å². The lowest BCUT2D eigenvalue weighted by Gasteiger charge is -2.25. The summed E-state index contributed by atoms with van der Waals surface area (Å²) in [5, 5.41) is 35.3. The van der Waals surface area contributed by atoms with Crippen molar-refractivity contribution >= 4 is 42.3 Å². The van der Waals surface area contributed by atoms with E-state index in [2.05, 4.69) is 28.6 Å². The summed E-state index contributed by atoms with van der Waals surface area (Å²) in [6.07, 6.45) is -0.634. The standard InChI is InChI=1S/C23H34N4O8S/c1-12(2)9-18(23(34)35)27-22(33)17(10-13-3-5-14(28)6-4-13)26-21(32)16(7-8-19(29)30)25-20(31)15(24)11-36/h3-6,12,15-18,28,36H,7-11,24H2,1-2H3,(H,25,31)(H,26,32)(H,27,33)(H,29,30)(H,34,35). The summed E-state index contributed by atoms with van der Waals surface area (Å²) in [5.74, 6) is -4.84. The molecular weight excluding hydrogens is 492 g/mol. The van der Waals surface area contributed by atoms with Gasteiger partial charge in [0.2, 0.25) is 17.7 Å². The first-order valence-electron chi connectivity index (χ1n) is 11.3. The van der Waals surface area contributed by atoms with Gasteiger partial charge in [0, 0.05) is 18.6 Å². The largest absolute Gasteiger partial charge is 0.508 e. The van der Waals surface area contributed by atoms with Crippen molar-refractivity contribution in [3.8, 4) is 5.75 Å². The molecule has 4 atom stereocenters. The number of thiol groups is 1. The van der Waals surface area contributed by atoms with Gasteiger partial charge in [0.25, 0.3) is 0 Å². The van der Waals surface area contributed by atoms with Crippen molar-refractivity contribution < 1.29 is 39.3 Å². The van der Waals surface area contributed by atoms with E-state index in [4.69, 9.17) is 10.8 Å². The van der Waals surface area contributed by atoms with Crippen molar-refractivity contribution in [2.45, 2.75) is 63.7 Å². The minimum absolute atomic E-state index is 0.0105. The molecule has 0 heterocycles. The predicted octanol–water partition coefficient (Wildman–Crippen LogP) is -0.358. The van der Waals surface area contributed by atoms with Crippen LogP contribution in [0.2, 0.25) is 0 Å². The van der Waals surface area contributed by atoms with Crippen LogP contribution in [0.3, 0.4) is 0 Å². The summed E-state index contributed by atoms with van der Waals surface area (Å²) >= 11 is 3.93. The van der Waals surface area contributed by atoms with E-state index < -0.39 is 60.2 Å². The topological polar surface area (TPSA) is 208 Å². The van der Waals surface area contributed by atoms with E-state index in [1.54, 1.807) is 13.8 Å². The van der Waals surface area contributed by atoms with Crippen LogP contribution in [0.4, 0.5) is 0 Å². The second-order valence-corrected chi connectivity index (χ2v) is 9.11. The number of amides is 3. The first-order chi connectivity index (χ1) is 16.8. The van der Waals surface area contributed by atoms with Gasteiger partial charge in [0.05, 0.1) is 6.04 Å². The second kappa shape index (κ2) is 14.9. The van der Waals surface area contributed by atoms with Crippen molar-refractivity contribution in [1.82, 2.24) is 16.0 Å². The number of phenolic OH excluding ortho intramolecular Hbond substituents is 1. The molecule has 36 heavy (non-hydrogen) atoms. The maximum Gasteiger partial charge on any atom is 0.326 e. The highest BCUT2D eigenvalue weighted by molar-refractivity contribution is 7.80. The Kier molecular flexibility index (Phi) is 12.7. The Morgan fingerprint density at radius 1 is 0.889 bits per heavy atom. The lowest BCUT2D eigenvalue weighted by molar-refractivity contribution is -0.142. The molecule has 1 rings (SSSR count). The summed E-state index contributed by atoms with van der Waals surface area (Å²) in [6.45, 7) is 3.59. The second-order valence-electron chi connectivity index (χ2n) is 8.74. The summed E-state index contributed by atoms with van der Waals surface area (Å²) in [5.41, 5.74) is 6.18. The molecule has 0 saturated heterocycles. The molecule has 0 saturated carbocycles. The number of benzene rings is 1. The molecule has 0 aliphatic carbocycles. The molecule has 0 fully saturated rings. The van der Waals surface area contributed by atoms with Crippen LogP contribution in [0.15, 0.2) is 24.3 Å². The van der Waals surface area contributed by atoms with E-state index in [1.165, 1.54) is 24.3 Å². The number of aromatic hydroxyl groups is 1. The number of hydrogen-bond acceptors (Lipinski definition) is 8. The molecule has 0 radical (unpaired) electrons. The molecule has 4 unspecified atom stereocenters. The summed E-state index contributed by atoms with van der Waals surface area (Å²) in [7, 11) is 0. The summed E-state index contributed by atoms with van der Waals surface area (Å²) in [4.78, 5) is 61.0. The molecule has 0 aliphatic rings. The molecule has 12 nitrogen and oxygen atoms in total. The zero-order chi connectivity index (χ0) is 27.4. The van der Waals surface area contributed by atoms with Crippen LogP contribution >= 0.6 is 12.6 Å². The van der Waals surface area contributed by atoms with Crippen LogP contribution in [0.1, 0.15) is 38.7 Å². The van der Waals surface area contributed by atoms with Gasteiger partial charge in [-0.3, -0.25) is 19.2 Å². The SMILES string of the molecule is CC(C)CC(NC(=O)C(Cc1ccc(O)cc1)NC(=O)C(CCC(=O)O)NC(=O)C(N)CS)C(=O)O. The van der Waals surface area contributed by atoms with Crippen LogP contribution < -0.4 is 21.7 Å². The number of carbonyl (C=O) groups is 5. The van der Waals surface area contributed by atoms with Crippen molar-refractivity contribution in [2.75, 3.05) is 5.75 Å². The van der Waals surface area contributed by atoms with E-state index in [-0.39, 0.29) is 36.7 Å². The van der Waals surface area contributed by atoms with E-state index >= 15 is 0 Å². The number of carbonyl (C=O) groups excluding carboxylic acids is 3. The highest BCUT2D eigenvalue weighted by Gasteiger charge is 2.31. The van der Waals surface area contributed by atoms with Gasteiger partial charge in [0.15, 0.2) is 0 Å². The Labute approximate surface area is 214 Å². The van der Waals surface area contributed by atoms with Gasteiger partial charge in [0.1, 0.15) is 23.9 Å². The Balaban J connectivity index is 3.17. The van der Waals surface area contributed by atoms with Crippen molar-refractivity contribution in [2.24, 2.45) is 11.7 Å². The average Bonchev–Trinajstić information content (AvgIpc) is 2.80. The van der Waals surface area contributed by atoms with Crippen LogP contribution in [0.5, 0.6) is 5.75 Å². The molecule has 1 aromatic rings. The molecule has 0 aliphatic heterocycles. The predicted molar refractivity (Wildman–Crippen MR) is 133 cm³/mol. The van der Waals surface area contributed by atoms with Gasteiger partial charge in [-0.1, -0.05) is 26.0 Å². The smallest absolute Gasteiger partial charge is 0.326 e. The van der Waals surface area contributed by atoms with Crippen LogP contribution in [0.25, 0.3) is 0 Å². The first-order valence-corrected chi connectivity index (χ1v) is 12.0. The van der Waals surface area contributed by atoms with Gasteiger partial charge in [-0.2, -0.15) is 12.6 Å². The van der Waals surface area contributed by atoms with Gasteiger partial charge < -0.3 is 37.0 Å². The summed E-state index contributed by atoms with van der Waals surface area (Å²) in [6, 6.07) is 1.00. The zero-order valence-electron chi connectivity index (χ0n) is 20.1. The molecule has 3 amide bonds. The number of phenols is 1. The monoisotopic (exact) mass is 526 g/mol. The number of carboxylic acids is 2. The highest BCUT2D eigenvalue weighted by atomic mass is 32.1. The van der Waals surface area contributed by atoms with E-state index in [0.717, 1.165) is 0 Å². The van der Waals surface area contributed by atoms with Gasteiger partial charge >= 0.3 is 11.9 Å². The third kappa shape index (κ3) is 11.0. The van der Waals surface area contributed by atoms with E-state index in [1.807, 2.05) is 0 Å². The molecule has 200 valence electrons. The number of rotatable bonds is 15. The number of nitrogens with two attached hydrogens (primary N) is 1. The van der Waals surface area contributed by atoms with Crippen molar-refractivity contribution in [3.63, 3.8) is 0 Å². The lowest BCUT2D eigenvalue weighted by atomic mass is 10.0. The summed E-state index contributed by atoms with van der Waals surface area (Å²) < 4.78 is 0. The van der Waals surface area contributed by atoms with E-state index in [0.29, 0.717) is 5.56 Å². The lowest BCUT2D eigenvalue weighted by Crippen LogP contribution is -2.58. The fourth-order valence-corrected chi connectivity index (χ4v) is 3.38. The molecule has 13 heteroatoms. The third-order valence-corrected chi connectivity index (χ3v) is 5.54. The highest BCUT2D eigenvalue weighted by Crippen LogP contribution is 2.13. The quantitative estimate of drug-likeness (QED) is 0.140. The molecular formula is C23H34N4O8S. The molecule has 0 spiro atoms. The molecule has 8 N–H and O–H groups in total. The molecule has 0 bridgehead atoms. The molecule has 0 aromatic heterocycles. The van der Waals surface area contributed by atoms with Crippen LogP contribution in [-0.4, -0.2) is 74.9 Å². The maximum absolute atomic E-state index is 13.1. The molecule has 1 aromatic carbocycles. The van der Waals surface area contributed by atoms with Gasteiger partial charge in [-0.05, 0) is 36.5 Å². The fraction of sp³-hybridized carbons (Fsp3) is 0.522. The Morgan fingerprint density at radius 3 is 1.92 bits per heavy atom. The number of hydrogen-bond donors (Lipinski definition) is 8. The Bertz CT molecular complexity index is 925. The van der Waals surface area contributed by atoms with Gasteiger partial charge in [-0.15, -0.1) is 0 Å².